The van der Waals surface area contributed by atoms with Crippen molar-refractivity contribution in [2.45, 2.75) is 13.0 Å². The van der Waals surface area contributed by atoms with Crippen molar-refractivity contribution < 1.29 is 19.8 Å². The van der Waals surface area contributed by atoms with Gasteiger partial charge in [0.15, 0.2) is 9.74 Å². The van der Waals surface area contributed by atoms with Crippen LogP contribution in [-0.2, 0) is 9.59 Å². The summed E-state index contributed by atoms with van der Waals surface area (Å²) in [6.07, 6.45) is 4.74. The third kappa shape index (κ3) is 2.72. The number of fused-ring (bicyclic) bond motifs is 1. The van der Waals surface area contributed by atoms with E-state index in [1.807, 2.05) is 24.3 Å². The number of carboxylic acids is 1. The van der Waals surface area contributed by atoms with Gasteiger partial charge in [0.05, 0.1) is 16.9 Å². The number of benzene rings is 1. The number of carbonyl (C=O) groups is 2. The van der Waals surface area contributed by atoms with Crippen LogP contribution >= 0.6 is 23.6 Å². The highest BCUT2D eigenvalue weighted by molar-refractivity contribution is 7.73. The summed E-state index contributed by atoms with van der Waals surface area (Å²) in [5.74, 6) is -1.82. The first-order chi connectivity index (χ1) is 11.4. The molecule has 0 amide bonds. The van der Waals surface area contributed by atoms with Crippen molar-refractivity contribution in [1.29, 1.82) is 0 Å². The van der Waals surface area contributed by atoms with Crippen molar-refractivity contribution in [2.24, 2.45) is 0 Å². The second-order valence-electron chi connectivity index (χ2n) is 5.26. The SMILES string of the molecule is C[C@@H](C(=O)[O-])n1c(O)c(/C=C2\C(=O)C=Cc3ccccc32)sc1=S. The van der Waals surface area contributed by atoms with Crippen LogP contribution in [0.25, 0.3) is 17.7 Å². The quantitative estimate of drug-likeness (QED) is 0.673. The third-order valence-electron chi connectivity index (χ3n) is 3.78. The Morgan fingerprint density at radius 2 is 2.08 bits per heavy atom. The van der Waals surface area contributed by atoms with Crippen molar-refractivity contribution in [1.82, 2.24) is 4.57 Å². The number of nitrogens with zero attached hydrogens (tertiary/aromatic N) is 1. The lowest BCUT2D eigenvalue weighted by atomic mass is 9.91. The Labute approximate surface area is 146 Å². The number of aromatic nitrogens is 1. The number of hydrogen-bond donors (Lipinski definition) is 1. The molecule has 1 N–H and O–H groups in total. The van der Waals surface area contributed by atoms with Crippen LogP contribution in [0.5, 0.6) is 5.88 Å². The van der Waals surface area contributed by atoms with E-state index in [0.717, 1.165) is 27.0 Å². The van der Waals surface area contributed by atoms with Gasteiger partial charge in [-0.15, -0.1) is 11.3 Å². The van der Waals surface area contributed by atoms with Crippen LogP contribution in [0.4, 0.5) is 0 Å². The number of ketones is 1. The van der Waals surface area contributed by atoms with Gasteiger partial charge in [0.2, 0.25) is 5.88 Å². The summed E-state index contributed by atoms with van der Waals surface area (Å²) >= 11 is 6.17. The maximum Gasteiger partial charge on any atom is 0.211 e. The molecule has 0 unspecified atom stereocenters. The Balaban J connectivity index is 2.15. The maximum atomic E-state index is 12.2. The van der Waals surface area contributed by atoms with Gasteiger partial charge in [-0.2, -0.15) is 0 Å². The summed E-state index contributed by atoms with van der Waals surface area (Å²) in [5.41, 5.74) is 2.07. The van der Waals surface area contributed by atoms with E-state index < -0.39 is 12.0 Å². The summed E-state index contributed by atoms with van der Waals surface area (Å²) in [4.78, 5) is 23.6. The molecule has 1 atom stereocenters. The lowest BCUT2D eigenvalue weighted by Crippen LogP contribution is -2.31. The second-order valence-corrected chi connectivity index (χ2v) is 6.94. The van der Waals surface area contributed by atoms with Crippen molar-refractivity contribution in [3.63, 3.8) is 0 Å². The zero-order valence-corrected chi connectivity index (χ0v) is 14.2. The predicted octanol–water partition coefficient (Wildman–Crippen LogP) is 2.43. The van der Waals surface area contributed by atoms with Crippen molar-refractivity contribution >= 4 is 53.0 Å². The molecule has 0 radical (unpaired) electrons. The molecule has 1 heterocycles. The van der Waals surface area contributed by atoms with Crippen LogP contribution in [0.1, 0.15) is 29.0 Å². The topological polar surface area (TPSA) is 82.4 Å². The van der Waals surface area contributed by atoms with Gasteiger partial charge in [0.1, 0.15) is 0 Å². The molecule has 1 aliphatic carbocycles. The molecule has 7 heteroatoms. The minimum atomic E-state index is -1.35. The fraction of sp³-hybridized carbons (Fsp3) is 0.118. The fourth-order valence-electron chi connectivity index (χ4n) is 2.49. The minimum absolute atomic E-state index is 0.188. The number of aliphatic carboxylic acids is 1. The number of aromatic hydroxyl groups is 1. The monoisotopic (exact) mass is 358 g/mol. The van der Waals surface area contributed by atoms with Gasteiger partial charge in [-0.05, 0) is 42.4 Å². The molecular weight excluding hydrogens is 346 g/mol. The Hall–Kier alpha value is -2.51. The molecule has 1 aromatic carbocycles. The van der Waals surface area contributed by atoms with Gasteiger partial charge >= 0.3 is 0 Å². The normalized spacial score (nSPS) is 16.2. The largest absolute Gasteiger partial charge is 0.548 e. The first kappa shape index (κ1) is 16.4. The van der Waals surface area contributed by atoms with Crippen LogP contribution in [0.2, 0.25) is 0 Å². The minimum Gasteiger partial charge on any atom is -0.548 e. The maximum absolute atomic E-state index is 12.2. The Morgan fingerprint density at radius 1 is 1.38 bits per heavy atom. The average molecular weight is 358 g/mol. The molecule has 1 aromatic heterocycles. The first-order valence-corrected chi connectivity index (χ1v) is 8.31. The molecule has 0 fully saturated rings. The molecule has 0 bridgehead atoms. The van der Waals surface area contributed by atoms with Crippen LogP contribution < -0.4 is 5.11 Å². The Bertz CT molecular complexity index is 965. The van der Waals surface area contributed by atoms with Gasteiger partial charge < -0.3 is 15.0 Å². The van der Waals surface area contributed by atoms with Crippen molar-refractivity contribution in [3.05, 3.63) is 50.3 Å². The summed E-state index contributed by atoms with van der Waals surface area (Å²) in [6, 6.07) is 6.30. The molecule has 24 heavy (non-hydrogen) atoms. The van der Waals surface area contributed by atoms with Gasteiger partial charge in [-0.25, -0.2) is 0 Å². The van der Waals surface area contributed by atoms with Gasteiger partial charge in [-0.1, -0.05) is 30.3 Å². The highest BCUT2D eigenvalue weighted by Gasteiger charge is 2.20. The molecule has 0 saturated heterocycles. The zero-order chi connectivity index (χ0) is 17.4. The molecule has 0 spiro atoms. The average Bonchev–Trinajstić information content (AvgIpc) is 2.83. The van der Waals surface area contributed by atoms with E-state index in [9.17, 15) is 19.8 Å². The number of allylic oxidation sites excluding steroid dienone is 2. The summed E-state index contributed by atoms with van der Waals surface area (Å²) in [5, 5.41) is 21.4. The van der Waals surface area contributed by atoms with Crippen LogP contribution in [0.3, 0.4) is 0 Å². The Morgan fingerprint density at radius 3 is 2.79 bits per heavy atom. The number of carboxylic acid groups (broad SMARTS) is 1. The lowest BCUT2D eigenvalue weighted by Gasteiger charge is -2.15. The molecule has 1 aliphatic rings. The van der Waals surface area contributed by atoms with E-state index >= 15 is 0 Å². The van der Waals surface area contributed by atoms with Crippen molar-refractivity contribution in [3.8, 4) is 5.88 Å². The smallest absolute Gasteiger partial charge is 0.211 e. The molecule has 5 nitrogen and oxygen atoms in total. The van der Waals surface area contributed by atoms with Crippen LogP contribution in [0, 0.1) is 3.95 Å². The molecule has 3 rings (SSSR count). The van der Waals surface area contributed by atoms with E-state index in [1.165, 1.54) is 13.0 Å². The van der Waals surface area contributed by atoms with E-state index in [1.54, 1.807) is 12.2 Å². The van der Waals surface area contributed by atoms with Crippen LogP contribution in [0.15, 0.2) is 30.3 Å². The highest BCUT2D eigenvalue weighted by atomic mass is 32.1. The number of rotatable bonds is 3. The standard InChI is InChI=1S/C17H13NO4S2/c1-9(16(21)22)18-15(20)14(24-17(18)23)8-12-11-5-3-2-4-10(11)6-7-13(12)19/h2-9,20H,1H3,(H,21,22)/p-1/b12-8-/t9-/m0/s1. The first-order valence-electron chi connectivity index (χ1n) is 7.09. The van der Waals surface area contributed by atoms with E-state index in [0.29, 0.717) is 10.5 Å². The second kappa shape index (κ2) is 6.18. The molecule has 0 aliphatic heterocycles. The summed E-state index contributed by atoms with van der Waals surface area (Å²) in [6.45, 7) is 1.37. The summed E-state index contributed by atoms with van der Waals surface area (Å²) < 4.78 is 1.31. The summed E-state index contributed by atoms with van der Waals surface area (Å²) in [7, 11) is 0. The van der Waals surface area contributed by atoms with Gasteiger partial charge in [0, 0.05) is 5.57 Å². The lowest BCUT2D eigenvalue weighted by molar-refractivity contribution is -0.309. The van der Waals surface area contributed by atoms with E-state index in [2.05, 4.69) is 0 Å². The van der Waals surface area contributed by atoms with Gasteiger partial charge in [-0.3, -0.25) is 9.36 Å². The molecule has 0 saturated carbocycles. The fourth-order valence-corrected chi connectivity index (χ4v) is 3.90. The number of thiazole rings is 1. The predicted molar refractivity (Wildman–Crippen MR) is 92.9 cm³/mol. The molecular formula is C17H12NO4S2-. The number of hydrogen-bond acceptors (Lipinski definition) is 6. The zero-order valence-electron chi connectivity index (χ0n) is 12.6. The molecule has 2 aromatic rings. The van der Waals surface area contributed by atoms with Crippen molar-refractivity contribution in [2.75, 3.05) is 0 Å². The van der Waals surface area contributed by atoms with Crippen LogP contribution in [-0.4, -0.2) is 21.4 Å². The third-order valence-corrected chi connectivity index (χ3v) is 5.12. The number of carbonyl (C=O) groups excluding carboxylic acids is 2. The Kier molecular flexibility index (Phi) is 4.21. The van der Waals surface area contributed by atoms with E-state index in [-0.39, 0.29) is 15.6 Å². The molecule has 122 valence electrons. The van der Waals surface area contributed by atoms with E-state index in [4.69, 9.17) is 12.2 Å². The van der Waals surface area contributed by atoms with Gasteiger partial charge in [0.25, 0.3) is 0 Å². The highest BCUT2D eigenvalue weighted by Crippen LogP contribution is 2.35.